The largest absolute Gasteiger partial charge is 0.267 e. The number of isocyanates is 1. The van der Waals surface area contributed by atoms with E-state index < -0.39 is 12.5 Å². The Morgan fingerprint density at radius 3 is 2.56 bits per heavy atom. The molecule has 0 aromatic carbocycles. The smallest absolute Gasteiger partial charge is 0.211 e. The Bertz CT molecular complexity index is 129. The van der Waals surface area contributed by atoms with Crippen molar-refractivity contribution in [2.45, 2.75) is 19.3 Å². The van der Waals surface area contributed by atoms with Gasteiger partial charge in [-0.1, -0.05) is 6.92 Å². The summed E-state index contributed by atoms with van der Waals surface area (Å²) in [6, 6.07) is 0. The van der Waals surface area contributed by atoms with Crippen molar-refractivity contribution in [2.24, 2.45) is 4.99 Å². The summed E-state index contributed by atoms with van der Waals surface area (Å²) < 4.78 is 24.1. The highest BCUT2D eigenvalue weighted by Gasteiger charge is 2.24. The number of alkyl halides is 2. The molecule has 4 heteroatoms. The van der Waals surface area contributed by atoms with Gasteiger partial charge in [0.25, 0.3) is 5.92 Å². The molecule has 0 rings (SSSR count). The van der Waals surface area contributed by atoms with Crippen molar-refractivity contribution >= 4 is 6.08 Å². The van der Waals surface area contributed by atoms with E-state index in [1.54, 1.807) is 0 Å². The third kappa shape index (κ3) is 3.79. The van der Waals surface area contributed by atoms with Gasteiger partial charge in [-0.05, 0) is 0 Å². The number of carbonyl (C=O) groups excluding carboxylic acids is 1. The van der Waals surface area contributed by atoms with Crippen molar-refractivity contribution in [3.8, 4) is 0 Å². The Labute approximate surface area is 51.6 Å². The zero-order valence-electron chi connectivity index (χ0n) is 5.03. The van der Waals surface area contributed by atoms with E-state index in [4.69, 9.17) is 0 Å². The average Bonchev–Trinajstić information content (AvgIpc) is 1.84. The van der Waals surface area contributed by atoms with E-state index in [0.29, 0.717) is 0 Å². The van der Waals surface area contributed by atoms with Crippen LogP contribution < -0.4 is 0 Å². The summed E-state index contributed by atoms with van der Waals surface area (Å²) in [7, 11) is 0. The van der Waals surface area contributed by atoms with Gasteiger partial charge < -0.3 is 0 Å². The standard InChI is InChI=1S/C5H7F2NO/c1-2-5(6,7)3-8-4-9/h2-3H2,1H3. The van der Waals surface area contributed by atoms with Crippen LogP contribution in [0, 0.1) is 0 Å². The predicted octanol–water partition coefficient (Wildman–Crippen LogP) is 1.37. The molecule has 0 heterocycles. The number of hydrogen-bond donors (Lipinski definition) is 0. The molecule has 0 bridgehead atoms. The van der Waals surface area contributed by atoms with Crippen LogP contribution in [0.4, 0.5) is 8.78 Å². The molecule has 0 N–H and O–H groups in total. The highest BCUT2D eigenvalue weighted by atomic mass is 19.3. The quantitative estimate of drug-likeness (QED) is 0.424. The SMILES string of the molecule is CCC(F)(F)CN=C=O. The zero-order chi connectivity index (χ0) is 7.33. The first-order valence-electron chi connectivity index (χ1n) is 2.54. The molecule has 0 unspecified atom stereocenters. The molecule has 0 aliphatic rings. The maximum absolute atomic E-state index is 12.1. The summed E-state index contributed by atoms with van der Waals surface area (Å²) >= 11 is 0. The predicted molar refractivity (Wildman–Crippen MR) is 28.2 cm³/mol. The van der Waals surface area contributed by atoms with Gasteiger partial charge >= 0.3 is 0 Å². The molecule has 0 saturated carbocycles. The second kappa shape index (κ2) is 3.30. The van der Waals surface area contributed by atoms with Crippen molar-refractivity contribution in [3.05, 3.63) is 0 Å². The van der Waals surface area contributed by atoms with Crippen LogP contribution in [0.1, 0.15) is 13.3 Å². The highest BCUT2D eigenvalue weighted by Crippen LogP contribution is 2.16. The second-order valence-electron chi connectivity index (χ2n) is 1.62. The molecular weight excluding hydrogens is 128 g/mol. The van der Waals surface area contributed by atoms with Crippen LogP contribution in [0.5, 0.6) is 0 Å². The van der Waals surface area contributed by atoms with E-state index in [-0.39, 0.29) is 6.42 Å². The van der Waals surface area contributed by atoms with Crippen molar-refractivity contribution in [1.82, 2.24) is 0 Å². The van der Waals surface area contributed by atoms with Crippen LogP contribution in [0.15, 0.2) is 4.99 Å². The molecule has 0 amide bonds. The van der Waals surface area contributed by atoms with E-state index in [1.807, 2.05) is 0 Å². The minimum absolute atomic E-state index is 0.293. The summed E-state index contributed by atoms with van der Waals surface area (Å²) in [6.07, 6.45) is 0.760. The van der Waals surface area contributed by atoms with Gasteiger partial charge in [0.2, 0.25) is 6.08 Å². The van der Waals surface area contributed by atoms with Crippen molar-refractivity contribution in [3.63, 3.8) is 0 Å². The monoisotopic (exact) mass is 135 g/mol. The topological polar surface area (TPSA) is 29.4 Å². The van der Waals surface area contributed by atoms with Crippen LogP contribution >= 0.6 is 0 Å². The summed E-state index contributed by atoms with van der Waals surface area (Å²) in [5, 5.41) is 0. The highest BCUT2D eigenvalue weighted by molar-refractivity contribution is 5.32. The van der Waals surface area contributed by atoms with Gasteiger partial charge in [0, 0.05) is 6.42 Å². The summed E-state index contributed by atoms with van der Waals surface area (Å²) in [4.78, 5) is 12.1. The fourth-order valence-electron chi connectivity index (χ4n) is 0.260. The lowest BCUT2D eigenvalue weighted by Crippen LogP contribution is -2.18. The Balaban J connectivity index is 3.71. The van der Waals surface area contributed by atoms with Gasteiger partial charge in [-0.15, -0.1) is 0 Å². The molecule has 0 aromatic rings. The Hall–Kier alpha value is -0.760. The molecule has 0 aliphatic carbocycles. The van der Waals surface area contributed by atoms with Gasteiger partial charge in [-0.25, -0.2) is 13.6 Å². The van der Waals surface area contributed by atoms with Gasteiger partial charge in [0.1, 0.15) is 6.54 Å². The zero-order valence-corrected chi connectivity index (χ0v) is 5.03. The normalized spacial score (nSPS) is 10.6. The lowest BCUT2D eigenvalue weighted by Gasteiger charge is -2.07. The molecule has 0 fully saturated rings. The molecule has 52 valence electrons. The summed E-state index contributed by atoms with van der Waals surface area (Å²) in [5.41, 5.74) is 0. The molecule has 0 atom stereocenters. The molecule has 0 spiro atoms. The minimum Gasteiger partial charge on any atom is -0.211 e. The van der Waals surface area contributed by atoms with Crippen LogP contribution in [-0.2, 0) is 4.79 Å². The second-order valence-corrected chi connectivity index (χ2v) is 1.62. The van der Waals surface area contributed by atoms with Gasteiger partial charge in [0.05, 0.1) is 0 Å². The summed E-state index contributed by atoms with van der Waals surface area (Å²) in [5.74, 6) is -2.84. The van der Waals surface area contributed by atoms with Gasteiger partial charge in [0.15, 0.2) is 0 Å². The lowest BCUT2D eigenvalue weighted by molar-refractivity contribution is 0.00769. The number of aliphatic imine (C=N–C) groups is 1. The molecule has 9 heavy (non-hydrogen) atoms. The van der Waals surface area contributed by atoms with Crippen LogP contribution in [0.25, 0.3) is 0 Å². The minimum atomic E-state index is -2.84. The molecule has 2 nitrogen and oxygen atoms in total. The van der Waals surface area contributed by atoms with E-state index in [2.05, 4.69) is 4.99 Å². The first-order chi connectivity index (χ1) is 4.12. The molecule has 0 aromatic heterocycles. The van der Waals surface area contributed by atoms with Crippen molar-refractivity contribution in [1.29, 1.82) is 0 Å². The first-order valence-corrected chi connectivity index (χ1v) is 2.54. The maximum Gasteiger partial charge on any atom is 0.267 e. The fraction of sp³-hybridized carbons (Fsp3) is 0.800. The van der Waals surface area contributed by atoms with Crippen LogP contribution in [-0.4, -0.2) is 18.5 Å². The summed E-state index contributed by atoms with van der Waals surface area (Å²) in [6.45, 7) is 0.591. The van der Waals surface area contributed by atoms with E-state index in [9.17, 15) is 13.6 Å². The Kier molecular flexibility index (Phi) is 3.02. The molecule has 0 radical (unpaired) electrons. The number of halogens is 2. The number of hydrogen-bond acceptors (Lipinski definition) is 2. The van der Waals surface area contributed by atoms with Crippen LogP contribution in [0.3, 0.4) is 0 Å². The third-order valence-corrected chi connectivity index (χ3v) is 0.892. The van der Waals surface area contributed by atoms with E-state index in [0.717, 1.165) is 6.08 Å². The maximum atomic E-state index is 12.1. The third-order valence-electron chi connectivity index (χ3n) is 0.892. The van der Waals surface area contributed by atoms with E-state index >= 15 is 0 Å². The van der Waals surface area contributed by atoms with Gasteiger partial charge in [-0.3, -0.25) is 0 Å². The lowest BCUT2D eigenvalue weighted by atomic mass is 10.3. The van der Waals surface area contributed by atoms with Crippen LogP contribution in [0.2, 0.25) is 0 Å². The molecular formula is C5H7F2NO. The van der Waals surface area contributed by atoms with Crippen molar-refractivity contribution < 1.29 is 13.6 Å². The Morgan fingerprint density at radius 1 is 1.67 bits per heavy atom. The first kappa shape index (κ1) is 8.24. The van der Waals surface area contributed by atoms with Gasteiger partial charge in [-0.2, -0.15) is 4.99 Å². The number of nitrogens with zero attached hydrogens (tertiary/aromatic N) is 1. The molecule has 0 saturated heterocycles. The van der Waals surface area contributed by atoms with Crippen molar-refractivity contribution in [2.75, 3.05) is 6.54 Å². The molecule has 0 aliphatic heterocycles. The van der Waals surface area contributed by atoms with E-state index in [1.165, 1.54) is 6.92 Å². The number of rotatable bonds is 3. The fourth-order valence-corrected chi connectivity index (χ4v) is 0.260. The average molecular weight is 135 g/mol. The Morgan fingerprint density at radius 2 is 2.22 bits per heavy atom.